The van der Waals surface area contributed by atoms with E-state index in [9.17, 15) is 4.79 Å². The van der Waals surface area contributed by atoms with Crippen molar-refractivity contribution in [2.45, 2.75) is 13.8 Å². The number of carbonyl (C=O) groups is 1. The Morgan fingerprint density at radius 3 is 2.57 bits per heavy atom. The van der Waals surface area contributed by atoms with Crippen LogP contribution in [-0.4, -0.2) is 29.3 Å². The first-order chi connectivity index (χ1) is 10.1. The van der Waals surface area contributed by atoms with Gasteiger partial charge in [0.25, 0.3) is 0 Å². The van der Waals surface area contributed by atoms with Gasteiger partial charge >= 0.3 is 5.97 Å². The Morgan fingerprint density at radius 1 is 1.14 bits per heavy atom. The summed E-state index contributed by atoms with van der Waals surface area (Å²) >= 11 is 0. The van der Waals surface area contributed by atoms with Gasteiger partial charge in [0.2, 0.25) is 0 Å². The molecule has 0 bridgehead atoms. The number of benzene rings is 1. The molecular formula is C16H17NO4. The third kappa shape index (κ3) is 3.95. The van der Waals surface area contributed by atoms with Crippen LogP contribution in [0.1, 0.15) is 21.6 Å². The Bertz CT molecular complexity index is 640. The molecule has 0 amide bonds. The molecule has 2 aromatic rings. The minimum absolute atomic E-state index is 0.0933. The highest BCUT2D eigenvalue weighted by Crippen LogP contribution is 2.19. The minimum atomic E-state index is -1.11. The van der Waals surface area contributed by atoms with Gasteiger partial charge in [-0.3, -0.25) is 0 Å². The molecule has 1 heterocycles. The molecule has 21 heavy (non-hydrogen) atoms. The lowest BCUT2D eigenvalue weighted by molar-refractivity contribution is 0.0684. The highest BCUT2D eigenvalue weighted by molar-refractivity contribution is 5.88. The summed E-state index contributed by atoms with van der Waals surface area (Å²) in [6.45, 7) is 4.55. The fourth-order valence-electron chi connectivity index (χ4n) is 1.83. The van der Waals surface area contributed by atoms with E-state index < -0.39 is 5.97 Å². The van der Waals surface area contributed by atoms with Gasteiger partial charge in [-0.05, 0) is 43.2 Å². The highest BCUT2D eigenvalue weighted by Gasteiger charge is 2.11. The zero-order valence-electron chi connectivity index (χ0n) is 12.0. The summed E-state index contributed by atoms with van der Waals surface area (Å²) in [5.41, 5.74) is 2.08. The summed E-state index contributed by atoms with van der Waals surface area (Å²) in [5.74, 6) is -0.0566. The van der Waals surface area contributed by atoms with Gasteiger partial charge < -0.3 is 14.6 Å². The first-order valence-electron chi connectivity index (χ1n) is 6.59. The van der Waals surface area contributed by atoms with Crippen LogP contribution >= 0.6 is 0 Å². The molecule has 0 aliphatic heterocycles. The van der Waals surface area contributed by atoms with E-state index in [0.717, 1.165) is 16.9 Å². The van der Waals surface area contributed by atoms with Crippen molar-refractivity contribution in [3.05, 3.63) is 53.3 Å². The minimum Gasteiger partial charge on any atom is -0.490 e. The lowest BCUT2D eigenvalue weighted by atomic mass is 10.1. The molecular weight excluding hydrogens is 270 g/mol. The van der Waals surface area contributed by atoms with Crippen LogP contribution in [0.3, 0.4) is 0 Å². The van der Waals surface area contributed by atoms with E-state index in [1.165, 1.54) is 6.20 Å². The van der Waals surface area contributed by atoms with Crippen molar-refractivity contribution in [3.8, 4) is 11.5 Å². The maximum absolute atomic E-state index is 11.0. The molecule has 0 fully saturated rings. The van der Waals surface area contributed by atoms with Crippen molar-refractivity contribution in [1.29, 1.82) is 0 Å². The van der Waals surface area contributed by atoms with Crippen LogP contribution in [0.2, 0.25) is 0 Å². The quantitative estimate of drug-likeness (QED) is 0.827. The smallest absolute Gasteiger partial charge is 0.358 e. The molecule has 0 saturated heterocycles. The molecule has 1 N–H and O–H groups in total. The second-order valence-electron chi connectivity index (χ2n) is 4.62. The van der Waals surface area contributed by atoms with Gasteiger partial charge in [-0.1, -0.05) is 12.1 Å². The van der Waals surface area contributed by atoms with Gasteiger partial charge in [0.05, 0.1) is 0 Å². The number of nitrogens with zero attached hydrogens (tertiary/aromatic N) is 1. The fourth-order valence-corrected chi connectivity index (χ4v) is 1.83. The Balaban J connectivity index is 1.91. The molecule has 0 radical (unpaired) electrons. The molecule has 0 spiro atoms. The molecule has 0 atom stereocenters. The zero-order chi connectivity index (χ0) is 15.2. The number of aromatic carboxylic acids is 1. The van der Waals surface area contributed by atoms with Crippen molar-refractivity contribution < 1.29 is 19.4 Å². The van der Waals surface area contributed by atoms with Gasteiger partial charge in [0, 0.05) is 6.20 Å². The normalized spacial score (nSPS) is 10.2. The number of carboxylic acids is 1. The van der Waals surface area contributed by atoms with E-state index in [2.05, 4.69) is 4.98 Å². The van der Waals surface area contributed by atoms with Crippen molar-refractivity contribution >= 4 is 5.97 Å². The lowest BCUT2D eigenvalue weighted by Crippen LogP contribution is -2.12. The Morgan fingerprint density at radius 2 is 1.86 bits per heavy atom. The molecule has 0 saturated carbocycles. The number of aromatic nitrogens is 1. The summed E-state index contributed by atoms with van der Waals surface area (Å²) in [6, 6.07) is 9.19. The number of pyridine rings is 1. The van der Waals surface area contributed by atoms with E-state index in [-0.39, 0.29) is 18.1 Å². The van der Waals surface area contributed by atoms with E-state index in [4.69, 9.17) is 14.6 Å². The number of carboxylic acid groups (broad SMARTS) is 1. The number of hydrogen-bond donors (Lipinski definition) is 1. The first kappa shape index (κ1) is 14.8. The Labute approximate surface area is 123 Å². The summed E-state index contributed by atoms with van der Waals surface area (Å²) in [7, 11) is 0. The molecule has 0 aliphatic rings. The molecule has 2 rings (SSSR count). The molecule has 1 aromatic heterocycles. The monoisotopic (exact) mass is 287 g/mol. The molecule has 110 valence electrons. The van der Waals surface area contributed by atoms with E-state index in [1.807, 2.05) is 32.0 Å². The van der Waals surface area contributed by atoms with E-state index in [1.54, 1.807) is 12.1 Å². The SMILES string of the molecule is Cc1ccc(C)c(OCCOc2cccnc2C(=O)O)c1. The van der Waals surface area contributed by atoms with Crippen molar-refractivity contribution in [1.82, 2.24) is 4.98 Å². The maximum atomic E-state index is 11.0. The van der Waals surface area contributed by atoms with Gasteiger partial charge in [0.15, 0.2) is 11.4 Å². The maximum Gasteiger partial charge on any atom is 0.358 e. The largest absolute Gasteiger partial charge is 0.490 e. The highest BCUT2D eigenvalue weighted by atomic mass is 16.5. The van der Waals surface area contributed by atoms with Crippen LogP contribution < -0.4 is 9.47 Å². The third-order valence-corrected chi connectivity index (χ3v) is 2.92. The Kier molecular flexibility index (Phi) is 4.77. The van der Waals surface area contributed by atoms with Crippen molar-refractivity contribution in [3.63, 3.8) is 0 Å². The van der Waals surface area contributed by atoms with Crippen molar-refractivity contribution in [2.24, 2.45) is 0 Å². The molecule has 0 aliphatic carbocycles. The summed E-state index contributed by atoms with van der Waals surface area (Å²) in [6.07, 6.45) is 1.42. The number of aryl methyl sites for hydroxylation is 2. The van der Waals surface area contributed by atoms with Crippen LogP contribution in [0.25, 0.3) is 0 Å². The molecule has 0 unspecified atom stereocenters. The number of rotatable bonds is 6. The van der Waals surface area contributed by atoms with Gasteiger partial charge in [0.1, 0.15) is 19.0 Å². The fraction of sp³-hybridized carbons (Fsp3) is 0.250. The van der Waals surface area contributed by atoms with E-state index in [0.29, 0.717) is 6.61 Å². The van der Waals surface area contributed by atoms with Crippen LogP contribution in [0.5, 0.6) is 11.5 Å². The summed E-state index contributed by atoms with van der Waals surface area (Å²) in [5, 5.41) is 8.99. The van der Waals surface area contributed by atoms with Crippen LogP contribution in [0.15, 0.2) is 36.5 Å². The second-order valence-corrected chi connectivity index (χ2v) is 4.62. The van der Waals surface area contributed by atoms with Crippen LogP contribution in [0, 0.1) is 13.8 Å². The average Bonchev–Trinajstić information content (AvgIpc) is 2.47. The summed E-state index contributed by atoms with van der Waals surface area (Å²) < 4.78 is 11.1. The van der Waals surface area contributed by atoms with Gasteiger partial charge in [-0.2, -0.15) is 0 Å². The molecule has 5 heteroatoms. The Hall–Kier alpha value is -2.56. The van der Waals surface area contributed by atoms with Crippen LogP contribution in [0.4, 0.5) is 0 Å². The molecule has 1 aromatic carbocycles. The standard InChI is InChI=1S/C16H17NO4/c1-11-5-6-12(2)14(10-11)21-9-8-20-13-4-3-7-17-15(13)16(18)19/h3-7,10H,8-9H2,1-2H3,(H,18,19). The summed E-state index contributed by atoms with van der Waals surface area (Å²) in [4.78, 5) is 14.8. The van der Waals surface area contributed by atoms with E-state index >= 15 is 0 Å². The first-order valence-corrected chi connectivity index (χ1v) is 6.59. The average molecular weight is 287 g/mol. The predicted octanol–water partition coefficient (Wildman–Crippen LogP) is 2.85. The predicted molar refractivity (Wildman–Crippen MR) is 78.1 cm³/mol. The number of ether oxygens (including phenoxy) is 2. The van der Waals surface area contributed by atoms with Crippen molar-refractivity contribution in [2.75, 3.05) is 13.2 Å². The molecule has 5 nitrogen and oxygen atoms in total. The second kappa shape index (κ2) is 6.74. The number of hydrogen-bond acceptors (Lipinski definition) is 4. The van der Waals surface area contributed by atoms with Gasteiger partial charge in [-0.15, -0.1) is 0 Å². The third-order valence-electron chi connectivity index (χ3n) is 2.92. The van der Waals surface area contributed by atoms with Gasteiger partial charge in [-0.25, -0.2) is 9.78 Å². The lowest BCUT2D eigenvalue weighted by Gasteiger charge is -2.11. The topological polar surface area (TPSA) is 68.7 Å². The van der Waals surface area contributed by atoms with Crippen LogP contribution in [-0.2, 0) is 0 Å². The zero-order valence-corrected chi connectivity index (χ0v) is 12.0.